The van der Waals surface area contributed by atoms with E-state index in [1.165, 1.54) is 5.56 Å². The molecule has 3 heteroatoms. The van der Waals surface area contributed by atoms with Gasteiger partial charge < -0.3 is 5.73 Å². The molecule has 0 aliphatic rings. The van der Waals surface area contributed by atoms with Gasteiger partial charge in [-0.1, -0.05) is 13.8 Å². The van der Waals surface area contributed by atoms with Crippen LogP contribution in [0.4, 0.5) is 0 Å². The van der Waals surface area contributed by atoms with Gasteiger partial charge in [0, 0.05) is 12.1 Å². The third kappa shape index (κ3) is 3.03. The molecule has 0 aromatic carbocycles. The van der Waals surface area contributed by atoms with Gasteiger partial charge in [-0.05, 0) is 48.8 Å². The van der Waals surface area contributed by atoms with Crippen LogP contribution in [0.3, 0.4) is 0 Å². The van der Waals surface area contributed by atoms with Gasteiger partial charge in [0.05, 0.1) is 0 Å². The van der Waals surface area contributed by atoms with Crippen LogP contribution in [0.5, 0.6) is 0 Å². The molecule has 15 heavy (non-hydrogen) atoms. The van der Waals surface area contributed by atoms with E-state index >= 15 is 0 Å². The first kappa shape index (κ1) is 12.7. The molecule has 2 nitrogen and oxygen atoms in total. The Morgan fingerprint density at radius 3 is 2.47 bits per heavy atom. The molecule has 0 fully saturated rings. The van der Waals surface area contributed by atoms with E-state index in [9.17, 15) is 0 Å². The minimum Gasteiger partial charge on any atom is -0.329 e. The Hall–Kier alpha value is -0.380. The number of likely N-dealkylation sites (N-methyl/N-ethyl adjacent to an activating group) is 1. The van der Waals surface area contributed by atoms with Gasteiger partial charge in [0.15, 0.2) is 0 Å². The van der Waals surface area contributed by atoms with Crippen LogP contribution in [-0.2, 0) is 6.42 Å². The average Bonchev–Trinajstić information content (AvgIpc) is 2.72. The molecule has 0 bridgehead atoms. The Morgan fingerprint density at radius 2 is 2.07 bits per heavy atom. The highest BCUT2D eigenvalue weighted by molar-refractivity contribution is 7.07. The Labute approximate surface area is 97.1 Å². The highest BCUT2D eigenvalue weighted by Gasteiger charge is 2.28. The van der Waals surface area contributed by atoms with Gasteiger partial charge in [0.1, 0.15) is 0 Å². The third-order valence-electron chi connectivity index (χ3n) is 3.13. The summed E-state index contributed by atoms with van der Waals surface area (Å²) in [5.41, 5.74) is 7.44. The van der Waals surface area contributed by atoms with Crippen molar-refractivity contribution in [2.24, 2.45) is 5.73 Å². The molecule has 1 heterocycles. The van der Waals surface area contributed by atoms with E-state index in [0.29, 0.717) is 6.54 Å². The summed E-state index contributed by atoms with van der Waals surface area (Å²) in [5, 5.41) is 4.35. The van der Waals surface area contributed by atoms with Crippen LogP contribution < -0.4 is 5.73 Å². The third-order valence-corrected chi connectivity index (χ3v) is 3.86. The molecule has 1 rings (SSSR count). The molecule has 1 unspecified atom stereocenters. The van der Waals surface area contributed by atoms with Crippen molar-refractivity contribution in [2.45, 2.75) is 32.7 Å². The Balaban J connectivity index is 2.75. The molecule has 0 amide bonds. The number of nitrogens with zero attached hydrogens (tertiary/aromatic N) is 1. The molecule has 1 aromatic heterocycles. The van der Waals surface area contributed by atoms with Crippen LogP contribution in [0, 0.1) is 0 Å². The lowest BCUT2D eigenvalue weighted by Gasteiger charge is -2.39. The summed E-state index contributed by atoms with van der Waals surface area (Å²) in [5.74, 6) is 0. The average molecular weight is 226 g/mol. The number of hydrogen-bond donors (Lipinski definition) is 1. The highest BCUT2D eigenvalue weighted by atomic mass is 32.1. The van der Waals surface area contributed by atoms with Crippen LogP contribution in [0.1, 0.15) is 26.3 Å². The lowest BCUT2D eigenvalue weighted by atomic mass is 9.92. The van der Waals surface area contributed by atoms with E-state index in [2.05, 4.69) is 42.5 Å². The molecule has 0 aliphatic heterocycles. The molecule has 86 valence electrons. The van der Waals surface area contributed by atoms with Gasteiger partial charge >= 0.3 is 0 Å². The SMILES string of the molecule is CCN(CC)C(C)(CN)Cc1ccsc1. The minimum absolute atomic E-state index is 0.102. The van der Waals surface area contributed by atoms with Crippen molar-refractivity contribution in [2.75, 3.05) is 19.6 Å². The quantitative estimate of drug-likeness (QED) is 0.807. The standard InChI is InChI=1S/C12H22N2S/c1-4-14(5-2)12(3,10-13)8-11-6-7-15-9-11/h6-7,9H,4-5,8,10,13H2,1-3H3. The molecule has 0 saturated heterocycles. The molecule has 2 N–H and O–H groups in total. The maximum atomic E-state index is 5.94. The van der Waals surface area contributed by atoms with E-state index < -0.39 is 0 Å². The summed E-state index contributed by atoms with van der Waals surface area (Å²) >= 11 is 1.76. The monoisotopic (exact) mass is 226 g/mol. The molecular weight excluding hydrogens is 204 g/mol. The van der Waals surface area contributed by atoms with Crippen LogP contribution in [0.2, 0.25) is 0 Å². The molecule has 0 radical (unpaired) electrons. The van der Waals surface area contributed by atoms with Gasteiger partial charge in [0.2, 0.25) is 0 Å². The number of thiophene rings is 1. The number of rotatable bonds is 6. The minimum atomic E-state index is 0.102. The van der Waals surface area contributed by atoms with Crippen molar-refractivity contribution >= 4 is 11.3 Å². The molecule has 0 spiro atoms. The van der Waals surface area contributed by atoms with E-state index in [4.69, 9.17) is 5.73 Å². The Bertz CT molecular complexity index is 267. The van der Waals surface area contributed by atoms with Crippen LogP contribution in [0.25, 0.3) is 0 Å². The van der Waals surface area contributed by atoms with Crippen molar-refractivity contribution < 1.29 is 0 Å². The predicted molar refractivity (Wildman–Crippen MR) is 68.4 cm³/mol. The molecule has 1 atom stereocenters. The lowest BCUT2D eigenvalue weighted by molar-refractivity contribution is 0.124. The van der Waals surface area contributed by atoms with Gasteiger partial charge in [-0.25, -0.2) is 0 Å². The van der Waals surface area contributed by atoms with Gasteiger partial charge in [-0.3, -0.25) is 4.90 Å². The normalized spacial score (nSPS) is 15.5. The zero-order valence-corrected chi connectivity index (χ0v) is 10.8. The van der Waals surface area contributed by atoms with Crippen LogP contribution in [0.15, 0.2) is 16.8 Å². The van der Waals surface area contributed by atoms with Crippen LogP contribution >= 0.6 is 11.3 Å². The fourth-order valence-corrected chi connectivity index (χ4v) is 2.80. The lowest BCUT2D eigenvalue weighted by Crippen LogP contribution is -2.53. The van der Waals surface area contributed by atoms with E-state index in [0.717, 1.165) is 19.5 Å². The first-order valence-electron chi connectivity index (χ1n) is 5.62. The summed E-state index contributed by atoms with van der Waals surface area (Å²) in [4.78, 5) is 2.45. The van der Waals surface area contributed by atoms with Gasteiger partial charge in [-0.2, -0.15) is 11.3 Å². The summed E-state index contributed by atoms with van der Waals surface area (Å²) in [6.07, 6.45) is 1.05. The topological polar surface area (TPSA) is 29.3 Å². The van der Waals surface area contributed by atoms with Crippen molar-refractivity contribution in [1.82, 2.24) is 4.90 Å². The Morgan fingerprint density at radius 1 is 1.40 bits per heavy atom. The largest absolute Gasteiger partial charge is 0.329 e. The Kier molecular flexibility index (Phi) is 4.77. The second-order valence-electron chi connectivity index (χ2n) is 4.18. The van der Waals surface area contributed by atoms with E-state index in [1.807, 2.05) is 0 Å². The maximum Gasteiger partial charge on any atom is 0.0343 e. The molecule has 0 aliphatic carbocycles. The van der Waals surface area contributed by atoms with Crippen molar-refractivity contribution in [3.63, 3.8) is 0 Å². The first-order chi connectivity index (χ1) is 7.16. The highest BCUT2D eigenvalue weighted by Crippen LogP contribution is 2.21. The molecule has 0 saturated carbocycles. The maximum absolute atomic E-state index is 5.94. The smallest absolute Gasteiger partial charge is 0.0343 e. The fourth-order valence-electron chi connectivity index (χ4n) is 2.13. The van der Waals surface area contributed by atoms with E-state index in [1.54, 1.807) is 11.3 Å². The number of nitrogens with two attached hydrogens (primary N) is 1. The second-order valence-corrected chi connectivity index (χ2v) is 4.96. The van der Waals surface area contributed by atoms with Gasteiger partial charge in [0.25, 0.3) is 0 Å². The summed E-state index contributed by atoms with van der Waals surface area (Å²) in [6, 6.07) is 2.20. The molecule has 1 aromatic rings. The predicted octanol–water partition coefficient (Wildman–Crippen LogP) is 2.35. The van der Waals surface area contributed by atoms with Gasteiger partial charge in [-0.15, -0.1) is 0 Å². The summed E-state index contributed by atoms with van der Waals surface area (Å²) < 4.78 is 0. The van der Waals surface area contributed by atoms with Crippen LogP contribution in [-0.4, -0.2) is 30.1 Å². The van der Waals surface area contributed by atoms with Crippen molar-refractivity contribution in [1.29, 1.82) is 0 Å². The second kappa shape index (κ2) is 5.64. The van der Waals surface area contributed by atoms with Crippen molar-refractivity contribution in [3.05, 3.63) is 22.4 Å². The zero-order chi connectivity index (χ0) is 11.3. The summed E-state index contributed by atoms with van der Waals surface area (Å²) in [6.45, 7) is 9.50. The van der Waals surface area contributed by atoms with Crippen molar-refractivity contribution in [3.8, 4) is 0 Å². The zero-order valence-electron chi connectivity index (χ0n) is 9.99. The first-order valence-corrected chi connectivity index (χ1v) is 6.56. The number of hydrogen-bond acceptors (Lipinski definition) is 3. The molecular formula is C12H22N2S. The summed E-state index contributed by atoms with van der Waals surface area (Å²) in [7, 11) is 0. The van der Waals surface area contributed by atoms with E-state index in [-0.39, 0.29) is 5.54 Å². The fraction of sp³-hybridized carbons (Fsp3) is 0.667.